The topological polar surface area (TPSA) is 41.6 Å². The number of ether oxygens (including phenoxy) is 1. The number of amides is 2. The fourth-order valence-corrected chi connectivity index (χ4v) is 2.60. The van der Waals surface area contributed by atoms with Crippen molar-refractivity contribution in [2.45, 2.75) is 33.6 Å². The molecule has 0 aliphatic carbocycles. The van der Waals surface area contributed by atoms with Gasteiger partial charge in [0.2, 0.25) is 0 Å². The van der Waals surface area contributed by atoms with Crippen LogP contribution in [0.1, 0.15) is 30.9 Å². The summed E-state index contributed by atoms with van der Waals surface area (Å²) in [6, 6.07) is 6.16. The van der Waals surface area contributed by atoms with Gasteiger partial charge in [-0.05, 0) is 44.2 Å². The third kappa shape index (κ3) is 4.66. The molecule has 0 spiro atoms. The van der Waals surface area contributed by atoms with Gasteiger partial charge in [0.05, 0.1) is 6.54 Å². The number of aryl methyl sites for hydroxylation is 2. The van der Waals surface area contributed by atoms with E-state index in [9.17, 15) is 4.79 Å². The van der Waals surface area contributed by atoms with Crippen LogP contribution in [-0.2, 0) is 0 Å². The Bertz CT molecular complexity index is 480. The van der Waals surface area contributed by atoms with Crippen LogP contribution in [-0.4, -0.2) is 37.2 Å². The van der Waals surface area contributed by atoms with Crippen LogP contribution in [0.5, 0.6) is 5.75 Å². The van der Waals surface area contributed by atoms with Crippen LogP contribution in [0.4, 0.5) is 4.79 Å². The van der Waals surface area contributed by atoms with E-state index in [2.05, 4.69) is 25.2 Å². The Morgan fingerprint density at radius 2 is 2.05 bits per heavy atom. The summed E-state index contributed by atoms with van der Waals surface area (Å²) in [4.78, 5) is 13.9. The number of carbonyl (C=O) groups is 1. The molecule has 1 N–H and O–H groups in total. The Labute approximate surface area is 127 Å². The summed E-state index contributed by atoms with van der Waals surface area (Å²) in [6.07, 6.45) is 2.21. The zero-order valence-electron chi connectivity index (χ0n) is 13.3. The zero-order chi connectivity index (χ0) is 15.2. The summed E-state index contributed by atoms with van der Waals surface area (Å²) in [5, 5.41) is 2.93. The van der Waals surface area contributed by atoms with Gasteiger partial charge in [0.25, 0.3) is 0 Å². The lowest BCUT2D eigenvalue weighted by Gasteiger charge is -2.30. The van der Waals surface area contributed by atoms with Gasteiger partial charge in [-0.15, -0.1) is 0 Å². The quantitative estimate of drug-likeness (QED) is 0.866. The minimum atomic E-state index is 0.0335. The maximum Gasteiger partial charge on any atom is 0.317 e. The Balaban J connectivity index is 1.68. The Morgan fingerprint density at radius 1 is 1.33 bits per heavy atom. The molecular weight excluding hydrogens is 264 g/mol. The summed E-state index contributed by atoms with van der Waals surface area (Å²) in [5.74, 6) is 1.63. The normalized spacial score (nSPS) is 15.9. The molecule has 0 bridgehead atoms. The van der Waals surface area contributed by atoms with E-state index in [1.807, 2.05) is 24.0 Å². The second kappa shape index (κ2) is 7.34. The van der Waals surface area contributed by atoms with Gasteiger partial charge in [-0.2, -0.15) is 0 Å². The van der Waals surface area contributed by atoms with Gasteiger partial charge >= 0.3 is 6.03 Å². The minimum absolute atomic E-state index is 0.0335. The first-order chi connectivity index (χ1) is 10.1. The number of nitrogens with zero attached hydrogens (tertiary/aromatic N) is 1. The lowest BCUT2D eigenvalue weighted by Crippen LogP contribution is -2.45. The molecule has 116 valence electrons. The van der Waals surface area contributed by atoms with E-state index < -0.39 is 0 Å². The van der Waals surface area contributed by atoms with E-state index in [-0.39, 0.29) is 6.03 Å². The van der Waals surface area contributed by atoms with Crippen LogP contribution in [0.15, 0.2) is 18.2 Å². The van der Waals surface area contributed by atoms with Gasteiger partial charge in [-0.25, -0.2) is 4.79 Å². The first-order valence-corrected chi connectivity index (χ1v) is 7.79. The van der Waals surface area contributed by atoms with Gasteiger partial charge in [-0.3, -0.25) is 0 Å². The van der Waals surface area contributed by atoms with Crippen molar-refractivity contribution in [3.8, 4) is 5.75 Å². The molecule has 2 rings (SSSR count). The molecule has 1 aliphatic heterocycles. The number of benzene rings is 1. The van der Waals surface area contributed by atoms with Gasteiger partial charge in [0.1, 0.15) is 12.4 Å². The average molecular weight is 290 g/mol. The highest BCUT2D eigenvalue weighted by Gasteiger charge is 2.19. The molecule has 4 nitrogen and oxygen atoms in total. The maximum atomic E-state index is 12.0. The van der Waals surface area contributed by atoms with Crippen LogP contribution in [0.3, 0.4) is 0 Å². The van der Waals surface area contributed by atoms with Crippen molar-refractivity contribution < 1.29 is 9.53 Å². The number of rotatable bonds is 4. The number of piperidine rings is 1. The lowest BCUT2D eigenvalue weighted by atomic mass is 10.00. The molecule has 1 aromatic carbocycles. The lowest BCUT2D eigenvalue weighted by molar-refractivity contribution is 0.172. The Kier molecular flexibility index (Phi) is 5.48. The minimum Gasteiger partial charge on any atom is -0.491 e. The molecule has 1 aromatic rings. The van der Waals surface area contributed by atoms with E-state index in [0.717, 1.165) is 43.2 Å². The molecule has 0 unspecified atom stereocenters. The van der Waals surface area contributed by atoms with Crippen molar-refractivity contribution >= 4 is 6.03 Å². The standard InChI is InChI=1S/C17H26N2O2/c1-13-6-9-19(10-7-13)17(20)18-8-11-21-16-5-4-14(2)12-15(16)3/h4-5,12-13H,6-11H2,1-3H3,(H,18,20). The third-order valence-corrected chi connectivity index (χ3v) is 4.04. The van der Waals surface area contributed by atoms with Gasteiger partial charge in [0, 0.05) is 13.1 Å². The summed E-state index contributed by atoms with van der Waals surface area (Å²) in [5.41, 5.74) is 2.36. The van der Waals surface area contributed by atoms with Crippen molar-refractivity contribution in [2.75, 3.05) is 26.2 Å². The van der Waals surface area contributed by atoms with E-state index in [0.29, 0.717) is 13.2 Å². The summed E-state index contributed by atoms with van der Waals surface area (Å²) < 4.78 is 5.71. The smallest absolute Gasteiger partial charge is 0.317 e. The van der Waals surface area contributed by atoms with Crippen LogP contribution in [0.25, 0.3) is 0 Å². The second-order valence-electron chi connectivity index (χ2n) is 6.02. The van der Waals surface area contributed by atoms with Gasteiger partial charge in [-0.1, -0.05) is 24.6 Å². The van der Waals surface area contributed by atoms with E-state index in [1.165, 1.54) is 5.56 Å². The molecule has 1 heterocycles. The highest BCUT2D eigenvalue weighted by molar-refractivity contribution is 5.74. The Hall–Kier alpha value is -1.71. The number of hydrogen-bond donors (Lipinski definition) is 1. The van der Waals surface area contributed by atoms with Gasteiger partial charge in [0.15, 0.2) is 0 Å². The monoisotopic (exact) mass is 290 g/mol. The molecule has 0 atom stereocenters. The predicted octanol–water partition coefficient (Wildman–Crippen LogP) is 3.12. The van der Waals surface area contributed by atoms with Crippen molar-refractivity contribution in [1.82, 2.24) is 10.2 Å². The molecule has 2 amide bonds. The highest BCUT2D eigenvalue weighted by Crippen LogP contribution is 2.18. The molecular formula is C17H26N2O2. The average Bonchev–Trinajstić information content (AvgIpc) is 2.46. The molecule has 0 saturated carbocycles. The van der Waals surface area contributed by atoms with Crippen LogP contribution >= 0.6 is 0 Å². The first kappa shape index (κ1) is 15.7. The van der Waals surface area contributed by atoms with E-state index in [1.54, 1.807) is 0 Å². The predicted molar refractivity (Wildman–Crippen MR) is 84.8 cm³/mol. The largest absolute Gasteiger partial charge is 0.491 e. The Morgan fingerprint density at radius 3 is 2.71 bits per heavy atom. The van der Waals surface area contributed by atoms with Crippen molar-refractivity contribution in [3.63, 3.8) is 0 Å². The number of carbonyl (C=O) groups excluding carboxylic acids is 1. The fourth-order valence-electron chi connectivity index (χ4n) is 2.60. The van der Waals surface area contributed by atoms with E-state index in [4.69, 9.17) is 4.74 Å². The summed E-state index contributed by atoms with van der Waals surface area (Å²) >= 11 is 0. The SMILES string of the molecule is Cc1ccc(OCCNC(=O)N2CCC(C)CC2)c(C)c1. The van der Waals surface area contributed by atoms with Crippen molar-refractivity contribution in [1.29, 1.82) is 0 Å². The molecule has 0 aromatic heterocycles. The van der Waals surface area contributed by atoms with Crippen LogP contribution in [0.2, 0.25) is 0 Å². The summed E-state index contributed by atoms with van der Waals surface area (Å²) in [7, 11) is 0. The highest BCUT2D eigenvalue weighted by atomic mass is 16.5. The van der Waals surface area contributed by atoms with Crippen molar-refractivity contribution in [3.05, 3.63) is 29.3 Å². The summed E-state index contributed by atoms with van der Waals surface area (Å²) in [6.45, 7) is 9.12. The van der Waals surface area contributed by atoms with Gasteiger partial charge < -0.3 is 15.0 Å². The van der Waals surface area contributed by atoms with Crippen LogP contribution in [0, 0.1) is 19.8 Å². The molecule has 4 heteroatoms. The van der Waals surface area contributed by atoms with Crippen LogP contribution < -0.4 is 10.1 Å². The maximum absolute atomic E-state index is 12.0. The number of urea groups is 1. The second-order valence-corrected chi connectivity index (χ2v) is 6.02. The molecule has 0 radical (unpaired) electrons. The number of hydrogen-bond acceptors (Lipinski definition) is 2. The molecule has 1 fully saturated rings. The molecule has 1 aliphatic rings. The van der Waals surface area contributed by atoms with Crippen molar-refractivity contribution in [2.24, 2.45) is 5.92 Å². The number of nitrogens with one attached hydrogen (secondary N) is 1. The first-order valence-electron chi connectivity index (χ1n) is 7.79. The van der Waals surface area contributed by atoms with E-state index >= 15 is 0 Å². The zero-order valence-corrected chi connectivity index (χ0v) is 13.3. The third-order valence-electron chi connectivity index (χ3n) is 4.04. The molecule has 21 heavy (non-hydrogen) atoms. The fraction of sp³-hybridized carbons (Fsp3) is 0.588. The number of likely N-dealkylation sites (tertiary alicyclic amines) is 1. The molecule has 1 saturated heterocycles.